The summed E-state index contributed by atoms with van der Waals surface area (Å²) in [6, 6.07) is -0.0584. The number of hydrogen-bond acceptors (Lipinski definition) is 4. The maximum Gasteiger partial charge on any atom is 0.317 e. The molecule has 0 aliphatic carbocycles. The van der Waals surface area contributed by atoms with E-state index < -0.39 is 5.97 Å². The first-order valence-electron chi connectivity index (χ1n) is 6.78. The highest BCUT2D eigenvalue weighted by Crippen LogP contribution is 2.21. The number of nitrogens with one attached hydrogen (secondary N) is 1. The van der Waals surface area contributed by atoms with Gasteiger partial charge in [-0.05, 0) is 25.2 Å². The number of carboxylic acids is 1. The molecule has 6 nitrogen and oxygen atoms in total. The van der Waals surface area contributed by atoms with E-state index in [2.05, 4.69) is 10.3 Å². The van der Waals surface area contributed by atoms with E-state index in [9.17, 15) is 9.59 Å². The fraction of sp³-hybridized carbons (Fsp3) is 0.615. The van der Waals surface area contributed by atoms with Crippen molar-refractivity contribution in [3.05, 3.63) is 16.6 Å². The summed E-state index contributed by atoms with van der Waals surface area (Å²) in [7, 11) is 0. The van der Waals surface area contributed by atoms with Crippen LogP contribution in [0.1, 0.15) is 30.7 Å². The third-order valence-electron chi connectivity index (χ3n) is 3.54. The molecule has 0 bridgehead atoms. The van der Waals surface area contributed by atoms with Crippen molar-refractivity contribution in [2.24, 2.45) is 5.92 Å². The molecule has 0 radical (unpaired) electrons. The van der Waals surface area contributed by atoms with Gasteiger partial charge >= 0.3 is 12.0 Å². The summed E-state index contributed by atoms with van der Waals surface area (Å²) >= 11 is 1.52. The standard InChI is InChI=1S/C13H19N3O3S/c17-12(18)2-1-10-3-6-16(7-4-10)13(19)15-9-11-14-5-8-20-11/h5,8,10H,1-4,6-7,9H2,(H,15,19)(H,17,18). The second-order valence-corrected chi connectivity index (χ2v) is 5.93. The maximum atomic E-state index is 12.0. The summed E-state index contributed by atoms with van der Waals surface area (Å²) in [6.07, 6.45) is 4.43. The molecular weight excluding hydrogens is 278 g/mol. The van der Waals surface area contributed by atoms with Gasteiger partial charge in [0, 0.05) is 31.1 Å². The van der Waals surface area contributed by atoms with Gasteiger partial charge in [-0.1, -0.05) is 0 Å². The number of thiazole rings is 1. The lowest BCUT2D eigenvalue weighted by molar-refractivity contribution is -0.137. The van der Waals surface area contributed by atoms with Crippen LogP contribution in [-0.2, 0) is 11.3 Å². The Bertz CT molecular complexity index is 442. The second-order valence-electron chi connectivity index (χ2n) is 4.95. The first-order chi connectivity index (χ1) is 9.65. The summed E-state index contributed by atoms with van der Waals surface area (Å²) in [6.45, 7) is 1.87. The van der Waals surface area contributed by atoms with E-state index in [-0.39, 0.29) is 12.5 Å². The first kappa shape index (κ1) is 14.8. The molecule has 1 aliphatic heterocycles. The molecule has 1 saturated heterocycles. The largest absolute Gasteiger partial charge is 0.481 e. The molecule has 1 aromatic rings. The molecule has 0 spiro atoms. The Balaban J connectivity index is 1.67. The number of amides is 2. The topological polar surface area (TPSA) is 82.5 Å². The minimum absolute atomic E-state index is 0.0584. The first-order valence-corrected chi connectivity index (χ1v) is 7.66. The van der Waals surface area contributed by atoms with E-state index in [1.807, 2.05) is 5.38 Å². The summed E-state index contributed by atoms with van der Waals surface area (Å²) in [5.74, 6) is -0.317. The van der Waals surface area contributed by atoms with E-state index in [1.165, 1.54) is 11.3 Å². The number of aliphatic carboxylic acids is 1. The number of aromatic nitrogens is 1. The van der Waals surface area contributed by atoms with Gasteiger partial charge in [0.1, 0.15) is 5.01 Å². The van der Waals surface area contributed by atoms with Crippen LogP contribution in [0, 0.1) is 5.92 Å². The van der Waals surface area contributed by atoms with Gasteiger partial charge in [-0.2, -0.15) is 0 Å². The van der Waals surface area contributed by atoms with E-state index in [1.54, 1.807) is 11.1 Å². The van der Waals surface area contributed by atoms with Gasteiger partial charge in [-0.15, -0.1) is 11.3 Å². The minimum atomic E-state index is -0.742. The summed E-state index contributed by atoms with van der Waals surface area (Å²) in [4.78, 5) is 28.4. The van der Waals surface area contributed by atoms with Crippen LogP contribution in [0.3, 0.4) is 0 Å². The van der Waals surface area contributed by atoms with Crippen LogP contribution in [-0.4, -0.2) is 40.1 Å². The molecule has 20 heavy (non-hydrogen) atoms. The van der Waals surface area contributed by atoms with Gasteiger partial charge in [-0.25, -0.2) is 9.78 Å². The number of likely N-dealkylation sites (tertiary alicyclic amines) is 1. The zero-order valence-electron chi connectivity index (χ0n) is 11.2. The van der Waals surface area contributed by atoms with Gasteiger partial charge in [0.25, 0.3) is 0 Å². The maximum absolute atomic E-state index is 12.0. The highest BCUT2D eigenvalue weighted by atomic mass is 32.1. The van der Waals surface area contributed by atoms with E-state index in [0.29, 0.717) is 32.0 Å². The van der Waals surface area contributed by atoms with Crippen molar-refractivity contribution < 1.29 is 14.7 Å². The number of carboxylic acid groups (broad SMARTS) is 1. The summed E-state index contributed by atoms with van der Waals surface area (Å²) in [5.41, 5.74) is 0. The molecule has 2 amide bonds. The monoisotopic (exact) mass is 297 g/mol. The Kier molecular flexibility index (Phi) is 5.34. The highest BCUT2D eigenvalue weighted by Gasteiger charge is 2.22. The number of hydrogen-bond donors (Lipinski definition) is 2. The average Bonchev–Trinajstić information content (AvgIpc) is 2.96. The number of piperidine rings is 1. The number of nitrogens with zero attached hydrogens (tertiary/aromatic N) is 2. The van der Waals surface area contributed by atoms with Crippen molar-refractivity contribution in [3.8, 4) is 0 Å². The summed E-state index contributed by atoms with van der Waals surface area (Å²) in [5, 5.41) is 14.3. The van der Waals surface area contributed by atoms with Crippen LogP contribution in [0.5, 0.6) is 0 Å². The van der Waals surface area contributed by atoms with Crippen LogP contribution in [0.15, 0.2) is 11.6 Å². The molecule has 1 aliphatic rings. The molecule has 2 heterocycles. The SMILES string of the molecule is O=C(O)CCC1CCN(C(=O)NCc2nccs2)CC1. The predicted octanol–water partition coefficient (Wildman–Crippen LogP) is 1.93. The average molecular weight is 297 g/mol. The van der Waals surface area contributed by atoms with Crippen LogP contribution in [0.4, 0.5) is 4.79 Å². The van der Waals surface area contributed by atoms with Crippen molar-refractivity contribution >= 4 is 23.3 Å². The molecule has 2 rings (SSSR count). The van der Waals surface area contributed by atoms with E-state index in [0.717, 1.165) is 17.8 Å². The second kappa shape index (κ2) is 7.23. The Labute approximate surface area is 121 Å². The predicted molar refractivity (Wildman–Crippen MR) is 75.5 cm³/mol. The van der Waals surface area contributed by atoms with E-state index >= 15 is 0 Å². The summed E-state index contributed by atoms with van der Waals surface area (Å²) < 4.78 is 0. The molecule has 2 N–H and O–H groups in total. The van der Waals surface area contributed by atoms with Crippen molar-refractivity contribution in [2.45, 2.75) is 32.2 Å². The van der Waals surface area contributed by atoms with Crippen molar-refractivity contribution in [1.29, 1.82) is 0 Å². The van der Waals surface area contributed by atoms with Gasteiger partial charge in [0.05, 0.1) is 6.54 Å². The Morgan fingerprint density at radius 1 is 1.45 bits per heavy atom. The van der Waals surface area contributed by atoms with E-state index in [4.69, 9.17) is 5.11 Å². The zero-order chi connectivity index (χ0) is 14.4. The molecule has 110 valence electrons. The lowest BCUT2D eigenvalue weighted by Crippen LogP contribution is -2.44. The Morgan fingerprint density at radius 3 is 2.80 bits per heavy atom. The zero-order valence-corrected chi connectivity index (χ0v) is 12.1. The Morgan fingerprint density at radius 2 is 2.20 bits per heavy atom. The number of carbonyl (C=O) groups is 2. The van der Waals surface area contributed by atoms with Crippen LogP contribution in [0.25, 0.3) is 0 Å². The molecule has 1 aromatic heterocycles. The van der Waals surface area contributed by atoms with Gasteiger partial charge < -0.3 is 15.3 Å². The van der Waals surface area contributed by atoms with Crippen molar-refractivity contribution in [2.75, 3.05) is 13.1 Å². The highest BCUT2D eigenvalue weighted by molar-refractivity contribution is 7.09. The van der Waals surface area contributed by atoms with Crippen molar-refractivity contribution in [3.63, 3.8) is 0 Å². The number of carbonyl (C=O) groups excluding carboxylic acids is 1. The Hall–Kier alpha value is -1.63. The van der Waals surface area contributed by atoms with Crippen LogP contribution in [0.2, 0.25) is 0 Å². The normalized spacial score (nSPS) is 16.1. The third-order valence-corrected chi connectivity index (χ3v) is 4.32. The molecular formula is C13H19N3O3S. The fourth-order valence-electron chi connectivity index (χ4n) is 2.36. The molecule has 1 fully saturated rings. The molecule has 0 atom stereocenters. The van der Waals surface area contributed by atoms with Crippen molar-refractivity contribution in [1.82, 2.24) is 15.2 Å². The van der Waals surface area contributed by atoms with Crippen LogP contribution >= 0.6 is 11.3 Å². The number of rotatable bonds is 5. The molecule has 0 aromatic carbocycles. The van der Waals surface area contributed by atoms with Gasteiger partial charge in [0.15, 0.2) is 0 Å². The van der Waals surface area contributed by atoms with Crippen LogP contribution < -0.4 is 5.32 Å². The molecule has 0 saturated carbocycles. The third kappa shape index (κ3) is 4.48. The number of urea groups is 1. The quantitative estimate of drug-likeness (QED) is 0.870. The van der Waals surface area contributed by atoms with Gasteiger partial charge in [-0.3, -0.25) is 4.79 Å². The van der Waals surface area contributed by atoms with Gasteiger partial charge in [0.2, 0.25) is 0 Å². The minimum Gasteiger partial charge on any atom is -0.481 e. The fourth-order valence-corrected chi connectivity index (χ4v) is 2.91. The lowest BCUT2D eigenvalue weighted by atomic mass is 9.92. The molecule has 7 heteroatoms. The molecule has 0 unspecified atom stereocenters. The lowest BCUT2D eigenvalue weighted by Gasteiger charge is -2.31. The smallest absolute Gasteiger partial charge is 0.317 e.